The number of amides is 1. The lowest BCUT2D eigenvalue weighted by molar-refractivity contribution is -0.196. The maximum absolute atomic E-state index is 11.8. The van der Waals surface area contributed by atoms with E-state index in [4.69, 9.17) is 4.84 Å². The summed E-state index contributed by atoms with van der Waals surface area (Å²) in [4.78, 5) is 17.2. The second-order valence-corrected chi connectivity index (χ2v) is 4.32. The Morgan fingerprint density at radius 1 is 1.33 bits per heavy atom. The number of allylic oxidation sites excluding steroid dienone is 1. The molecule has 0 saturated carbocycles. The molecule has 0 unspecified atom stereocenters. The normalized spacial score (nSPS) is 22.4. The third kappa shape index (κ3) is 3.06. The van der Waals surface area contributed by atoms with Gasteiger partial charge in [0.05, 0.1) is 6.61 Å². The van der Waals surface area contributed by atoms with Gasteiger partial charge in [0.25, 0.3) is 0 Å². The van der Waals surface area contributed by atoms with E-state index in [2.05, 4.69) is 6.08 Å². The minimum absolute atomic E-state index is 0.142. The molecule has 1 saturated heterocycles. The maximum Gasteiger partial charge on any atom is 0.250 e. The van der Waals surface area contributed by atoms with Gasteiger partial charge in [-0.15, -0.1) is 0 Å². The van der Waals surface area contributed by atoms with Crippen molar-refractivity contribution in [3.05, 3.63) is 11.6 Å². The van der Waals surface area contributed by atoms with Crippen molar-refractivity contribution in [3.63, 3.8) is 0 Å². The molecule has 1 heterocycles. The Morgan fingerprint density at radius 3 is 2.93 bits per heavy atom. The van der Waals surface area contributed by atoms with E-state index in [0.29, 0.717) is 13.0 Å². The molecule has 1 amide bonds. The highest BCUT2D eigenvalue weighted by Crippen LogP contribution is 2.21. The molecule has 3 heteroatoms. The largest absolute Gasteiger partial charge is 0.272 e. The molecule has 0 N–H and O–H groups in total. The summed E-state index contributed by atoms with van der Waals surface area (Å²) in [5.41, 5.74) is 1.31. The summed E-state index contributed by atoms with van der Waals surface area (Å²) in [5.74, 6) is 0.142. The Bertz CT molecular complexity index is 254. The highest BCUT2D eigenvalue weighted by molar-refractivity contribution is 5.77. The van der Waals surface area contributed by atoms with Gasteiger partial charge in [0.15, 0.2) is 0 Å². The highest BCUT2D eigenvalue weighted by Gasteiger charge is 2.19. The van der Waals surface area contributed by atoms with E-state index in [9.17, 15) is 4.79 Å². The SMILES string of the molecule is O=C(CC1=CCCCC1)N1CCCCO1. The Balaban J connectivity index is 1.82. The zero-order chi connectivity index (χ0) is 10.5. The Kier molecular flexibility index (Phi) is 3.78. The molecular formula is C12H19NO2. The second kappa shape index (κ2) is 5.31. The van der Waals surface area contributed by atoms with Crippen molar-refractivity contribution in [1.82, 2.24) is 5.06 Å². The molecule has 84 valence electrons. The number of carbonyl (C=O) groups is 1. The van der Waals surface area contributed by atoms with E-state index >= 15 is 0 Å². The monoisotopic (exact) mass is 209 g/mol. The van der Waals surface area contributed by atoms with Crippen molar-refractivity contribution >= 4 is 5.91 Å². The first-order chi connectivity index (χ1) is 7.36. The van der Waals surface area contributed by atoms with Crippen LogP contribution in [0, 0.1) is 0 Å². The molecule has 2 aliphatic rings. The van der Waals surface area contributed by atoms with Gasteiger partial charge in [-0.3, -0.25) is 9.63 Å². The maximum atomic E-state index is 11.8. The summed E-state index contributed by atoms with van der Waals surface area (Å²) in [7, 11) is 0. The van der Waals surface area contributed by atoms with Crippen molar-refractivity contribution in [2.75, 3.05) is 13.2 Å². The van der Waals surface area contributed by atoms with Crippen LogP contribution in [0.15, 0.2) is 11.6 Å². The predicted octanol–water partition coefficient (Wildman–Crippen LogP) is 2.43. The molecule has 1 fully saturated rings. The highest BCUT2D eigenvalue weighted by atomic mass is 16.7. The van der Waals surface area contributed by atoms with Crippen LogP contribution in [0.25, 0.3) is 0 Å². The van der Waals surface area contributed by atoms with Gasteiger partial charge in [-0.1, -0.05) is 11.6 Å². The summed E-state index contributed by atoms with van der Waals surface area (Å²) in [6.07, 6.45) is 9.70. The molecule has 0 spiro atoms. The minimum Gasteiger partial charge on any atom is -0.272 e. The molecular weight excluding hydrogens is 190 g/mol. The molecule has 1 aliphatic carbocycles. The zero-order valence-corrected chi connectivity index (χ0v) is 9.21. The molecule has 3 nitrogen and oxygen atoms in total. The van der Waals surface area contributed by atoms with Crippen LogP contribution in [0.3, 0.4) is 0 Å². The molecule has 0 aromatic rings. The van der Waals surface area contributed by atoms with Gasteiger partial charge in [0, 0.05) is 13.0 Å². The molecule has 15 heavy (non-hydrogen) atoms. The molecule has 0 radical (unpaired) electrons. The Labute approximate surface area is 91.0 Å². The van der Waals surface area contributed by atoms with Crippen LogP contribution >= 0.6 is 0 Å². The van der Waals surface area contributed by atoms with E-state index in [1.165, 1.54) is 18.4 Å². The van der Waals surface area contributed by atoms with Crippen LogP contribution in [0.2, 0.25) is 0 Å². The lowest BCUT2D eigenvalue weighted by atomic mass is 9.97. The quantitative estimate of drug-likeness (QED) is 0.654. The van der Waals surface area contributed by atoms with Crippen molar-refractivity contribution in [2.24, 2.45) is 0 Å². The number of hydrogen-bond acceptors (Lipinski definition) is 2. The van der Waals surface area contributed by atoms with Crippen LogP contribution in [-0.2, 0) is 9.63 Å². The van der Waals surface area contributed by atoms with Crippen LogP contribution in [0.1, 0.15) is 44.9 Å². The average Bonchev–Trinajstić information content (AvgIpc) is 2.31. The molecule has 0 atom stereocenters. The van der Waals surface area contributed by atoms with Crippen LogP contribution < -0.4 is 0 Å². The third-order valence-electron chi connectivity index (χ3n) is 3.04. The van der Waals surface area contributed by atoms with Gasteiger partial charge in [0.2, 0.25) is 5.91 Å². The van der Waals surface area contributed by atoms with Crippen molar-refractivity contribution in [3.8, 4) is 0 Å². The lowest BCUT2D eigenvalue weighted by Gasteiger charge is -2.26. The summed E-state index contributed by atoms with van der Waals surface area (Å²) in [6, 6.07) is 0. The van der Waals surface area contributed by atoms with Crippen LogP contribution in [0.4, 0.5) is 0 Å². The fourth-order valence-corrected chi connectivity index (χ4v) is 2.14. The lowest BCUT2D eigenvalue weighted by Crippen LogP contribution is -2.35. The number of carbonyl (C=O) groups excluding carboxylic acids is 1. The Hall–Kier alpha value is -0.830. The van der Waals surface area contributed by atoms with E-state index in [1.54, 1.807) is 5.06 Å². The third-order valence-corrected chi connectivity index (χ3v) is 3.04. The van der Waals surface area contributed by atoms with Gasteiger partial charge in [-0.2, -0.15) is 0 Å². The van der Waals surface area contributed by atoms with Gasteiger partial charge >= 0.3 is 0 Å². The van der Waals surface area contributed by atoms with E-state index in [1.807, 2.05) is 0 Å². The first-order valence-electron chi connectivity index (χ1n) is 5.97. The van der Waals surface area contributed by atoms with E-state index in [0.717, 1.165) is 32.2 Å². The molecule has 0 aromatic heterocycles. The number of rotatable bonds is 2. The fourth-order valence-electron chi connectivity index (χ4n) is 2.14. The van der Waals surface area contributed by atoms with Gasteiger partial charge < -0.3 is 0 Å². The van der Waals surface area contributed by atoms with Gasteiger partial charge in [-0.05, 0) is 38.5 Å². The minimum atomic E-state index is 0.142. The summed E-state index contributed by atoms with van der Waals surface area (Å²) < 4.78 is 0. The average molecular weight is 209 g/mol. The molecule has 1 aliphatic heterocycles. The van der Waals surface area contributed by atoms with Gasteiger partial charge in [-0.25, -0.2) is 5.06 Å². The predicted molar refractivity (Wildman–Crippen MR) is 58.1 cm³/mol. The molecule has 0 bridgehead atoms. The van der Waals surface area contributed by atoms with Crippen molar-refractivity contribution in [2.45, 2.75) is 44.9 Å². The standard InChI is InChI=1S/C12H19NO2/c14-12(13-8-4-5-9-15-13)10-11-6-2-1-3-7-11/h6H,1-5,7-10H2. The topological polar surface area (TPSA) is 29.5 Å². The summed E-state index contributed by atoms with van der Waals surface area (Å²) >= 11 is 0. The molecule has 2 rings (SSSR count). The number of hydroxylamine groups is 2. The summed E-state index contributed by atoms with van der Waals surface area (Å²) in [5, 5.41) is 1.55. The van der Waals surface area contributed by atoms with Gasteiger partial charge in [0.1, 0.15) is 0 Å². The van der Waals surface area contributed by atoms with Crippen LogP contribution in [0.5, 0.6) is 0 Å². The number of hydrogen-bond donors (Lipinski definition) is 0. The first kappa shape index (κ1) is 10.7. The van der Waals surface area contributed by atoms with Crippen LogP contribution in [-0.4, -0.2) is 24.1 Å². The molecule has 0 aromatic carbocycles. The van der Waals surface area contributed by atoms with E-state index in [-0.39, 0.29) is 5.91 Å². The second-order valence-electron chi connectivity index (χ2n) is 4.32. The smallest absolute Gasteiger partial charge is 0.250 e. The van der Waals surface area contributed by atoms with Crippen molar-refractivity contribution in [1.29, 1.82) is 0 Å². The number of nitrogens with zero attached hydrogens (tertiary/aromatic N) is 1. The summed E-state index contributed by atoms with van der Waals surface area (Å²) in [6.45, 7) is 1.47. The zero-order valence-electron chi connectivity index (χ0n) is 9.21. The first-order valence-corrected chi connectivity index (χ1v) is 5.97. The Morgan fingerprint density at radius 2 is 2.27 bits per heavy atom. The van der Waals surface area contributed by atoms with E-state index < -0.39 is 0 Å². The van der Waals surface area contributed by atoms with Crippen molar-refractivity contribution < 1.29 is 9.63 Å². The fraction of sp³-hybridized carbons (Fsp3) is 0.750.